The van der Waals surface area contributed by atoms with Crippen LogP contribution in [0.5, 0.6) is 0 Å². The molecule has 29 heavy (non-hydrogen) atoms. The van der Waals surface area contributed by atoms with Gasteiger partial charge in [0.1, 0.15) is 0 Å². The number of ketones is 1. The fourth-order valence-corrected chi connectivity index (χ4v) is 4.29. The Kier molecular flexibility index (Phi) is 6.21. The van der Waals surface area contributed by atoms with Gasteiger partial charge in [-0.3, -0.25) is 9.59 Å². The molecule has 0 unspecified atom stereocenters. The number of aryl methyl sites for hydroxylation is 1. The molecule has 152 valence electrons. The van der Waals surface area contributed by atoms with Crippen molar-refractivity contribution in [3.05, 3.63) is 74.8 Å². The Labute approximate surface area is 173 Å². The molecule has 1 aromatic heterocycles. The molecular formula is C25H30N2O2. The average Bonchev–Trinajstić information content (AvgIpc) is 3.23. The van der Waals surface area contributed by atoms with E-state index in [9.17, 15) is 9.59 Å². The summed E-state index contributed by atoms with van der Waals surface area (Å²) in [6, 6.07) is 7.69. The summed E-state index contributed by atoms with van der Waals surface area (Å²) in [4.78, 5) is 29.0. The molecule has 0 bridgehead atoms. The van der Waals surface area contributed by atoms with Gasteiger partial charge in [-0.1, -0.05) is 52.0 Å². The van der Waals surface area contributed by atoms with Crippen LogP contribution < -0.4 is 5.32 Å². The Balaban J connectivity index is 2.13. The van der Waals surface area contributed by atoms with Crippen molar-refractivity contribution < 1.29 is 9.59 Å². The van der Waals surface area contributed by atoms with E-state index in [0.29, 0.717) is 5.69 Å². The minimum Gasteiger partial charge on any atom is -0.352 e. The Morgan fingerprint density at radius 1 is 0.931 bits per heavy atom. The second-order valence-electron chi connectivity index (χ2n) is 7.40. The molecule has 0 fully saturated rings. The number of amides is 1. The number of nitrogens with one attached hydrogen (secondary N) is 2. The summed E-state index contributed by atoms with van der Waals surface area (Å²) in [6.45, 7) is 10.2. The summed E-state index contributed by atoms with van der Waals surface area (Å²) in [5.41, 5.74) is 8.26. The fraction of sp³-hybridized carbons (Fsp3) is 0.360. The monoisotopic (exact) mass is 390 g/mol. The molecule has 1 aliphatic heterocycles. The van der Waals surface area contributed by atoms with Crippen molar-refractivity contribution in [3.63, 3.8) is 0 Å². The van der Waals surface area contributed by atoms with Gasteiger partial charge in [-0.05, 0) is 60.9 Å². The summed E-state index contributed by atoms with van der Waals surface area (Å²) >= 11 is 0. The van der Waals surface area contributed by atoms with Crippen LogP contribution in [0.3, 0.4) is 0 Å². The second kappa shape index (κ2) is 8.64. The zero-order chi connectivity index (χ0) is 21.1. The third kappa shape index (κ3) is 3.71. The third-order valence-corrected chi connectivity index (χ3v) is 5.78. The smallest absolute Gasteiger partial charge is 0.251 e. The van der Waals surface area contributed by atoms with Gasteiger partial charge in [0.05, 0.1) is 5.69 Å². The first-order chi connectivity index (χ1) is 14.0. The minimum absolute atomic E-state index is 0.00729. The molecule has 1 aliphatic rings. The number of aromatic nitrogens is 1. The molecule has 1 amide bonds. The van der Waals surface area contributed by atoms with Crippen LogP contribution in [0.1, 0.15) is 79.0 Å². The van der Waals surface area contributed by atoms with Crippen molar-refractivity contribution in [3.8, 4) is 0 Å². The van der Waals surface area contributed by atoms with Crippen molar-refractivity contribution >= 4 is 17.8 Å². The number of carbonyl (C=O) groups is 2. The van der Waals surface area contributed by atoms with Gasteiger partial charge in [0, 0.05) is 22.5 Å². The molecule has 1 aromatic carbocycles. The summed E-state index contributed by atoms with van der Waals surface area (Å²) in [5, 5.41) is 3.02. The summed E-state index contributed by atoms with van der Waals surface area (Å²) in [5.74, 6) is 0.0161. The fourth-order valence-electron chi connectivity index (χ4n) is 4.29. The summed E-state index contributed by atoms with van der Waals surface area (Å²) < 4.78 is 0. The third-order valence-electron chi connectivity index (χ3n) is 5.78. The zero-order valence-electron chi connectivity index (χ0n) is 18.0. The predicted octanol–water partition coefficient (Wildman–Crippen LogP) is 5.27. The first kappa shape index (κ1) is 20.8. The van der Waals surface area contributed by atoms with Gasteiger partial charge in [0.2, 0.25) is 5.78 Å². The molecule has 4 nitrogen and oxygen atoms in total. The lowest BCUT2D eigenvalue weighted by Gasteiger charge is -2.06. The molecule has 3 rings (SSSR count). The highest BCUT2D eigenvalue weighted by Crippen LogP contribution is 2.30. The van der Waals surface area contributed by atoms with Crippen molar-refractivity contribution in [1.82, 2.24) is 10.3 Å². The highest BCUT2D eigenvalue weighted by molar-refractivity contribution is 6.10. The van der Waals surface area contributed by atoms with Crippen molar-refractivity contribution in [2.24, 2.45) is 0 Å². The Hall–Kier alpha value is -2.88. The first-order valence-electron chi connectivity index (χ1n) is 10.6. The number of H-pyrrole nitrogens is 1. The summed E-state index contributed by atoms with van der Waals surface area (Å²) in [6.07, 6.45) is 5.12. The van der Waals surface area contributed by atoms with Crippen LogP contribution >= 0.6 is 0 Å². The Morgan fingerprint density at radius 2 is 1.59 bits per heavy atom. The molecule has 2 aromatic rings. The lowest BCUT2D eigenvalue weighted by Crippen LogP contribution is -2.16. The number of hydrogen-bond donors (Lipinski definition) is 2. The summed E-state index contributed by atoms with van der Waals surface area (Å²) in [7, 11) is 0. The van der Waals surface area contributed by atoms with Gasteiger partial charge in [-0.25, -0.2) is 0 Å². The van der Waals surface area contributed by atoms with Gasteiger partial charge >= 0.3 is 0 Å². The highest BCUT2D eigenvalue weighted by atomic mass is 16.2. The Bertz CT molecular complexity index is 1020. The maximum atomic E-state index is 13.3. The zero-order valence-corrected chi connectivity index (χ0v) is 18.0. The Morgan fingerprint density at radius 3 is 2.17 bits per heavy atom. The molecule has 2 N–H and O–H groups in total. The van der Waals surface area contributed by atoms with Crippen molar-refractivity contribution in [2.75, 3.05) is 0 Å². The molecular weight excluding hydrogens is 360 g/mol. The van der Waals surface area contributed by atoms with Gasteiger partial charge in [0.25, 0.3) is 5.91 Å². The van der Waals surface area contributed by atoms with Crippen LogP contribution in [0, 0.1) is 6.92 Å². The van der Waals surface area contributed by atoms with E-state index in [1.54, 1.807) is 0 Å². The van der Waals surface area contributed by atoms with Gasteiger partial charge in [0.15, 0.2) is 0 Å². The van der Waals surface area contributed by atoms with Crippen LogP contribution in [-0.2, 0) is 17.6 Å². The van der Waals surface area contributed by atoms with E-state index in [-0.39, 0.29) is 11.7 Å². The van der Waals surface area contributed by atoms with Crippen LogP contribution in [0.2, 0.25) is 0 Å². The molecule has 0 atom stereocenters. The molecule has 0 spiro atoms. The van der Waals surface area contributed by atoms with Gasteiger partial charge in [-0.15, -0.1) is 0 Å². The van der Waals surface area contributed by atoms with Crippen LogP contribution in [0.25, 0.3) is 6.08 Å². The lowest BCUT2D eigenvalue weighted by atomic mass is 9.97. The average molecular weight is 391 g/mol. The number of allylic oxidation sites excluding steroid dienone is 1. The molecule has 0 saturated heterocycles. The van der Waals surface area contributed by atoms with Crippen molar-refractivity contribution in [2.45, 2.75) is 60.3 Å². The topological polar surface area (TPSA) is 62.0 Å². The van der Waals surface area contributed by atoms with E-state index >= 15 is 0 Å². The van der Waals surface area contributed by atoms with Crippen LogP contribution in [0.15, 0.2) is 41.1 Å². The minimum atomic E-state index is -0.00729. The highest BCUT2D eigenvalue weighted by Gasteiger charge is 2.26. The molecule has 0 saturated carbocycles. The number of benzene rings is 1. The van der Waals surface area contributed by atoms with Crippen LogP contribution in [0.4, 0.5) is 0 Å². The standard InChI is InChI=1S/C25H30N2O2/c1-6-16-18(8-3)23(24(28)20-13-11-10-12-15(20)5)26-21(16)14-22-17(7-2)19(9-4)25(29)27-22/h10-14,26H,6-9H2,1-5H3,(H,27,29)/b22-14+. The maximum Gasteiger partial charge on any atom is 0.251 e. The number of aromatic amines is 1. The van der Waals surface area contributed by atoms with E-state index < -0.39 is 0 Å². The molecule has 0 radical (unpaired) electrons. The van der Waals surface area contributed by atoms with Crippen LogP contribution in [-0.4, -0.2) is 16.7 Å². The molecule has 0 aliphatic carbocycles. The van der Waals surface area contributed by atoms with E-state index in [2.05, 4.69) is 31.1 Å². The second-order valence-corrected chi connectivity index (χ2v) is 7.40. The van der Waals surface area contributed by atoms with Gasteiger partial charge < -0.3 is 10.3 Å². The number of carbonyl (C=O) groups excluding carboxylic acids is 2. The maximum absolute atomic E-state index is 13.3. The normalized spacial score (nSPS) is 15.3. The van der Waals surface area contributed by atoms with E-state index in [4.69, 9.17) is 0 Å². The lowest BCUT2D eigenvalue weighted by molar-refractivity contribution is -0.116. The molecule has 4 heteroatoms. The van der Waals surface area contributed by atoms with E-state index in [0.717, 1.165) is 70.5 Å². The number of rotatable bonds is 7. The van der Waals surface area contributed by atoms with E-state index in [1.807, 2.05) is 44.2 Å². The SMILES string of the molecule is CCC1=C(CC)/C(=C\c2[nH]c(C(=O)c3ccccc3C)c(CC)c2CC)NC1=O. The number of hydrogen-bond acceptors (Lipinski definition) is 2. The quantitative estimate of drug-likeness (QED) is 0.633. The van der Waals surface area contributed by atoms with E-state index in [1.165, 1.54) is 0 Å². The predicted molar refractivity (Wildman–Crippen MR) is 118 cm³/mol. The first-order valence-corrected chi connectivity index (χ1v) is 10.6. The van der Waals surface area contributed by atoms with Gasteiger partial charge in [-0.2, -0.15) is 0 Å². The molecule has 2 heterocycles. The van der Waals surface area contributed by atoms with Crippen molar-refractivity contribution in [1.29, 1.82) is 0 Å². The largest absolute Gasteiger partial charge is 0.352 e.